The number of allylic oxidation sites excluding steroid dienone is 1. The van der Waals surface area contributed by atoms with Crippen LogP contribution in [-0.4, -0.2) is 10.4 Å². The second kappa shape index (κ2) is 11.8. The number of hydrogen-bond donors (Lipinski definition) is 0. The van der Waals surface area contributed by atoms with Crippen molar-refractivity contribution in [3.63, 3.8) is 0 Å². The Morgan fingerprint density at radius 3 is 2.14 bits per heavy atom. The summed E-state index contributed by atoms with van der Waals surface area (Å²) in [7, 11) is 0. The van der Waals surface area contributed by atoms with Crippen molar-refractivity contribution >= 4 is 26.4 Å². The maximum absolute atomic E-state index is 11.1. The number of carbonyl (C=O) groups is 1. The van der Waals surface area contributed by atoms with Crippen LogP contribution in [0.3, 0.4) is 0 Å². The summed E-state index contributed by atoms with van der Waals surface area (Å²) < 4.78 is 5.74. The molecule has 0 bridgehead atoms. The molecule has 0 radical (unpaired) electrons. The number of carbonyl (C=O) groups excluding carboxylic acids is 1. The molecule has 0 heterocycles. The lowest BCUT2D eigenvalue weighted by atomic mass is 10.1. The molecule has 0 aliphatic rings. The summed E-state index contributed by atoms with van der Waals surface area (Å²) in [6.07, 6.45) is 12.0. The van der Waals surface area contributed by atoms with E-state index in [1.54, 1.807) is 22.6 Å². The topological polar surface area (TPSA) is 26.3 Å². The van der Waals surface area contributed by atoms with Gasteiger partial charge in [0.2, 0.25) is 3.79 Å². The van der Waals surface area contributed by atoms with E-state index in [0.29, 0.717) is 0 Å². The molecule has 0 unspecified atom stereocenters. The van der Waals surface area contributed by atoms with E-state index in [-0.39, 0.29) is 3.79 Å². The van der Waals surface area contributed by atoms with Gasteiger partial charge in [0.15, 0.2) is 0 Å². The van der Waals surface area contributed by atoms with Crippen LogP contribution in [0.5, 0.6) is 5.75 Å². The lowest BCUT2D eigenvalue weighted by Crippen LogP contribution is -1.97. The number of unbranched alkanes of at least 4 members (excludes halogenated alkanes) is 7. The first-order valence-corrected chi connectivity index (χ1v) is 8.85. The van der Waals surface area contributed by atoms with E-state index >= 15 is 0 Å². The molecule has 1 aromatic rings. The molecule has 0 aliphatic heterocycles. The summed E-state index contributed by atoms with van der Waals surface area (Å²) in [6.45, 7) is 4.49. The van der Waals surface area contributed by atoms with Crippen molar-refractivity contribution in [2.24, 2.45) is 0 Å². The Bertz CT molecular complexity index is 412. The summed E-state index contributed by atoms with van der Waals surface area (Å²) >= 11 is 1.79. The Morgan fingerprint density at radius 1 is 1.00 bits per heavy atom. The van der Waals surface area contributed by atoms with Gasteiger partial charge >= 0.3 is 0 Å². The quantitative estimate of drug-likeness (QED) is 0.188. The standard InChI is InChI=1S/C18H25IO2/c1-2-3-4-5-6-7-8-9-10-15-21-17-13-11-16(12-14-17)18(19)20/h2,11-14H,1,3-10,15H2. The lowest BCUT2D eigenvalue weighted by molar-refractivity contribution is 0.110. The number of halogens is 1. The van der Waals surface area contributed by atoms with Crippen LogP contribution in [0.15, 0.2) is 36.9 Å². The van der Waals surface area contributed by atoms with Gasteiger partial charge in [-0.15, -0.1) is 6.58 Å². The van der Waals surface area contributed by atoms with Crippen LogP contribution in [0.2, 0.25) is 0 Å². The van der Waals surface area contributed by atoms with Crippen molar-refractivity contribution in [1.29, 1.82) is 0 Å². The predicted octanol–water partition coefficient (Wildman–Crippen LogP) is 5.95. The molecule has 0 saturated heterocycles. The largest absolute Gasteiger partial charge is 0.494 e. The minimum Gasteiger partial charge on any atom is -0.494 e. The average Bonchev–Trinajstić information content (AvgIpc) is 2.49. The average molecular weight is 400 g/mol. The molecule has 0 amide bonds. The summed E-state index contributed by atoms with van der Waals surface area (Å²) in [5.41, 5.74) is 0.722. The highest BCUT2D eigenvalue weighted by molar-refractivity contribution is 14.1. The third kappa shape index (κ3) is 8.91. The fraction of sp³-hybridized carbons (Fsp3) is 0.500. The fourth-order valence-electron chi connectivity index (χ4n) is 2.15. The van der Waals surface area contributed by atoms with Gasteiger partial charge < -0.3 is 4.74 Å². The highest BCUT2D eigenvalue weighted by atomic mass is 127. The molecule has 0 spiro atoms. The van der Waals surface area contributed by atoms with Crippen LogP contribution in [0.1, 0.15) is 61.7 Å². The van der Waals surface area contributed by atoms with Crippen molar-refractivity contribution < 1.29 is 9.53 Å². The van der Waals surface area contributed by atoms with Crippen molar-refractivity contribution in [1.82, 2.24) is 0 Å². The second-order valence-corrected chi connectivity index (χ2v) is 6.18. The summed E-state index contributed by atoms with van der Waals surface area (Å²) in [6, 6.07) is 7.36. The maximum Gasteiger partial charge on any atom is 0.222 e. The van der Waals surface area contributed by atoms with E-state index in [9.17, 15) is 4.79 Å². The molecule has 1 aromatic carbocycles. The first-order valence-electron chi connectivity index (χ1n) is 7.77. The minimum atomic E-state index is 0.0623. The molecule has 0 aromatic heterocycles. The van der Waals surface area contributed by atoms with Gasteiger partial charge in [-0.3, -0.25) is 4.79 Å². The van der Waals surface area contributed by atoms with Gasteiger partial charge in [-0.05, 0) is 43.5 Å². The Hall–Kier alpha value is -0.840. The van der Waals surface area contributed by atoms with Crippen molar-refractivity contribution in [2.75, 3.05) is 6.61 Å². The summed E-state index contributed by atoms with van der Waals surface area (Å²) in [4.78, 5) is 11.1. The molecule has 116 valence electrons. The summed E-state index contributed by atoms with van der Waals surface area (Å²) in [5, 5.41) is 0. The highest BCUT2D eigenvalue weighted by Crippen LogP contribution is 2.15. The molecule has 0 fully saturated rings. The number of benzene rings is 1. The van der Waals surface area contributed by atoms with Gasteiger partial charge in [-0.25, -0.2) is 0 Å². The Morgan fingerprint density at radius 2 is 1.57 bits per heavy atom. The first kappa shape index (κ1) is 18.2. The maximum atomic E-state index is 11.1. The van der Waals surface area contributed by atoms with Crippen LogP contribution in [0.4, 0.5) is 0 Å². The zero-order valence-corrected chi connectivity index (χ0v) is 14.8. The van der Waals surface area contributed by atoms with E-state index in [4.69, 9.17) is 4.74 Å². The van der Waals surface area contributed by atoms with E-state index in [1.807, 2.05) is 30.3 Å². The smallest absolute Gasteiger partial charge is 0.222 e. The van der Waals surface area contributed by atoms with E-state index in [0.717, 1.165) is 30.8 Å². The van der Waals surface area contributed by atoms with E-state index in [2.05, 4.69) is 6.58 Å². The van der Waals surface area contributed by atoms with E-state index in [1.165, 1.54) is 38.5 Å². The zero-order valence-electron chi connectivity index (χ0n) is 12.7. The molecule has 2 nitrogen and oxygen atoms in total. The van der Waals surface area contributed by atoms with Gasteiger partial charge in [0.1, 0.15) is 5.75 Å². The molecule has 0 N–H and O–H groups in total. The molecular formula is C18H25IO2. The normalized spacial score (nSPS) is 10.3. The third-order valence-electron chi connectivity index (χ3n) is 3.40. The van der Waals surface area contributed by atoms with Crippen molar-refractivity contribution in [2.45, 2.75) is 51.4 Å². The monoisotopic (exact) mass is 400 g/mol. The molecule has 0 atom stereocenters. The van der Waals surface area contributed by atoms with Crippen molar-refractivity contribution in [3.05, 3.63) is 42.5 Å². The Kier molecular flexibility index (Phi) is 10.2. The minimum absolute atomic E-state index is 0.0623. The SMILES string of the molecule is C=CCCCCCCCCCOc1ccc(C(=O)I)cc1. The lowest BCUT2D eigenvalue weighted by Gasteiger charge is -2.06. The van der Waals surface area contributed by atoms with Crippen LogP contribution < -0.4 is 4.74 Å². The summed E-state index contributed by atoms with van der Waals surface area (Å²) in [5.74, 6) is 0.848. The number of rotatable bonds is 12. The van der Waals surface area contributed by atoms with Gasteiger partial charge in [0.25, 0.3) is 0 Å². The zero-order chi connectivity index (χ0) is 15.3. The fourth-order valence-corrected chi connectivity index (χ4v) is 2.51. The highest BCUT2D eigenvalue weighted by Gasteiger charge is 2.00. The molecule has 21 heavy (non-hydrogen) atoms. The molecule has 1 rings (SSSR count). The van der Waals surface area contributed by atoms with Crippen LogP contribution >= 0.6 is 22.6 Å². The molecule has 0 aliphatic carbocycles. The third-order valence-corrected chi connectivity index (χ3v) is 4.03. The number of hydrogen-bond acceptors (Lipinski definition) is 2. The van der Waals surface area contributed by atoms with Crippen LogP contribution in [0, 0.1) is 0 Å². The van der Waals surface area contributed by atoms with Gasteiger partial charge in [-0.1, -0.05) is 38.2 Å². The van der Waals surface area contributed by atoms with Gasteiger partial charge in [-0.2, -0.15) is 0 Å². The van der Waals surface area contributed by atoms with Gasteiger partial charge in [0.05, 0.1) is 6.61 Å². The molecule has 0 saturated carbocycles. The van der Waals surface area contributed by atoms with E-state index < -0.39 is 0 Å². The Labute approximate surface area is 142 Å². The van der Waals surface area contributed by atoms with Crippen LogP contribution in [0.25, 0.3) is 0 Å². The second-order valence-electron chi connectivity index (χ2n) is 5.20. The van der Waals surface area contributed by atoms with Gasteiger partial charge in [0, 0.05) is 28.2 Å². The Balaban J connectivity index is 1.99. The number of ether oxygens (including phenoxy) is 1. The molecule has 3 heteroatoms. The van der Waals surface area contributed by atoms with Crippen molar-refractivity contribution in [3.8, 4) is 5.75 Å². The molecular weight excluding hydrogens is 375 g/mol. The first-order chi connectivity index (χ1) is 10.2. The van der Waals surface area contributed by atoms with Crippen LogP contribution in [-0.2, 0) is 0 Å². The predicted molar refractivity (Wildman–Crippen MR) is 97.4 cm³/mol.